The van der Waals surface area contributed by atoms with Gasteiger partial charge in [0, 0.05) is 43.4 Å². The summed E-state index contributed by atoms with van der Waals surface area (Å²) in [6.07, 6.45) is 0.758. The number of rotatable bonds is 6. The maximum absolute atomic E-state index is 12.3. The van der Waals surface area contributed by atoms with E-state index in [4.69, 9.17) is 16.4 Å². The standard InChI is InChI=1S/C21H22ClN3O3.ClH/c22-16-6-8-17(9-7-16)24-13-11-23(12-14-24)10-3-15-28-25-20(26)18-4-1-2-5-19(18)21(25)27;/h1-2,4-9H,3,10-15H2;1H. The number of carbonyl (C=O) groups excluding carboxylic acids is 2. The van der Waals surface area contributed by atoms with Crippen molar-refractivity contribution in [3.05, 3.63) is 64.7 Å². The highest BCUT2D eigenvalue weighted by Crippen LogP contribution is 2.23. The summed E-state index contributed by atoms with van der Waals surface area (Å²) in [5.41, 5.74) is 2.01. The third-order valence-corrected chi connectivity index (χ3v) is 5.41. The van der Waals surface area contributed by atoms with Gasteiger partial charge >= 0.3 is 0 Å². The highest BCUT2D eigenvalue weighted by atomic mass is 35.5. The highest BCUT2D eigenvalue weighted by Gasteiger charge is 2.36. The molecule has 0 atom stereocenters. The number of piperazine rings is 1. The Morgan fingerprint density at radius 3 is 2.03 bits per heavy atom. The fourth-order valence-electron chi connectivity index (χ4n) is 3.61. The van der Waals surface area contributed by atoms with E-state index in [1.165, 1.54) is 5.69 Å². The van der Waals surface area contributed by atoms with Crippen LogP contribution in [-0.2, 0) is 4.84 Å². The first kappa shape index (κ1) is 21.6. The summed E-state index contributed by atoms with van der Waals surface area (Å²) in [6.45, 7) is 5.06. The van der Waals surface area contributed by atoms with E-state index in [2.05, 4.69) is 9.80 Å². The number of nitrogens with zero attached hydrogens (tertiary/aromatic N) is 3. The smallest absolute Gasteiger partial charge is 0.285 e. The summed E-state index contributed by atoms with van der Waals surface area (Å²) in [5, 5.41) is 1.64. The quantitative estimate of drug-likeness (QED) is 0.513. The Balaban J connectivity index is 0.00000240. The molecule has 1 saturated heterocycles. The van der Waals surface area contributed by atoms with Crippen LogP contribution in [0.4, 0.5) is 5.69 Å². The normalized spacial score (nSPS) is 16.7. The van der Waals surface area contributed by atoms with Crippen LogP contribution in [0.3, 0.4) is 0 Å². The van der Waals surface area contributed by atoms with E-state index in [0.717, 1.165) is 49.2 Å². The van der Waals surface area contributed by atoms with Gasteiger partial charge in [-0.1, -0.05) is 23.7 Å². The van der Waals surface area contributed by atoms with Gasteiger partial charge in [0.05, 0.1) is 17.7 Å². The number of hydroxylamine groups is 2. The summed E-state index contributed by atoms with van der Waals surface area (Å²) >= 11 is 5.95. The van der Waals surface area contributed by atoms with Gasteiger partial charge in [0.2, 0.25) is 0 Å². The molecule has 4 rings (SSSR count). The van der Waals surface area contributed by atoms with Gasteiger partial charge in [-0.3, -0.25) is 19.3 Å². The van der Waals surface area contributed by atoms with Crippen LogP contribution >= 0.6 is 24.0 Å². The molecule has 0 unspecified atom stereocenters. The molecule has 0 N–H and O–H groups in total. The number of hydrogen-bond acceptors (Lipinski definition) is 5. The monoisotopic (exact) mass is 435 g/mol. The Hall–Kier alpha value is -2.12. The highest BCUT2D eigenvalue weighted by molar-refractivity contribution is 6.30. The Kier molecular flexibility index (Phi) is 7.14. The van der Waals surface area contributed by atoms with Gasteiger partial charge in [0.1, 0.15) is 0 Å². The molecule has 2 amide bonds. The van der Waals surface area contributed by atoms with Crippen LogP contribution < -0.4 is 4.90 Å². The maximum Gasteiger partial charge on any atom is 0.285 e. The first-order valence-corrected chi connectivity index (χ1v) is 9.85. The van der Waals surface area contributed by atoms with Gasteiger partial charge in [-0.15, -0.1) is 17.5 Å². The van der Waals surface area contributed by atoms with Gasteiger partial charge < -0.3 is 4.90 Å². The number of amides is 2. The largest absolute Gasteiger partial charge is 0.369 e. The second-order valence-corrected chi connectivity index (χ2v) is 7.38. The molecule has 2 aliphatic rings. The first-order valence-electron chi connectivity index (χ1n) is 9.47. The van der Waals surface area contributed by atoms with E-state index in [0.29, 0.717) is 17.7 Å². The van der Waals surface area contributed by atoms with Gasteiger partial charge in [0.25, 0.3) is 11.8 Å². The number of halogens is 2. The summed E-state index contributed by atoms with van der Waals surface area (Å²) in [6, 6.07) is 14.7. The lowest BCUT2D eigenvalue weighted by Gasteiger charge is -2.36. The molecule has 0 radical (unpaired) electrons. The molecule has 154 valence electrons. The van der Waals surface area contributed by atoms with E-state index in [-0.39, 0.29) is 24.2 Å². The fourth-order valence-corrected chi connectivity index (χ4v) is 3.74. The molecule has 29 heavy (non-hydrogen) atoms. The van der Waals surface area contributed by atoms with Crippen molar-refractivity contribution in [1.82, 2.24) is 9.96 Å². The number of carbonyl (C=O) groups is 2. The van der Waals surface area contributed by atoms with Gasteiger partial charge in [-0.25, -0.2) is 0 Å². The van der Waals surface area contributed by atoms with Crippen molar-refractivity contribution in [3.8, 4) is 0 Å². The molecule has 0 spiro atoms. The minimum Gasteiger partial charge on any atom is -0.369 e. The first-order chi connectivity index (χ1) is 13.6. The topological polar surface area (TPSA) is 53.1 Å². The molecular formula is C21H23Cl2N3O3. The number of hydrogen-bond donors (Lipinski definition) is 0. The summed E-state index contributed by atoms with van der Waals surface area (Å²) in [4.78, 5) is 34.7. The zero-order valence-corrected chi connectivity index (χ0v) is 17.5. The SMILES string of the molecule is Cl.O=C1c2ccccc2C(=O)N1OCCCN1CCN(c2ccc(Cl)cc2)CC1. The van der Waals surface area contributed by atoms with Crippen LogP contribution in [0.15, 0.2) is 48.5 Å². The van der Waals surface area contributed by atoms with E-state index in [9.17, 15) is 9.59 Å². The molecule has 0 saturated carbocycles. The third kappa shape index (κ3) is 4.73. The van der Waals surface area contributed by atoms with E-state index < -0.39 is 0 Å². The molecular weight excluding hydrogens is 413 g/mol. The van der Waals surface area contributed by atoms with Crippen LogP contribution in [0.1, 0.15) is 27.1 Å². The van der Waals surface area contributed by atoms with Crippen molar-refractivity contribution >= 4 is 41.5 Å². The molecule has 2 aliphatic heterocycles. The number of anilines is 1. The number of imide groups is 1. The third-order valence-electron chi connectivity index (χ3n) is 5.16. The predicted octanol–water partition coefficient (Wildman–Crippen LogP) is 3.50. The molecule has 0 aliphatic carbocycles. The molecule has 0 bridgehead atoms. The maximum atomic E-state index is 12.3. The lowest BCUT2D eigenvalue weighted by Crippen LogP contribution is -2.46. The van der Waals surface area contributed by atoms with Crippen LogP contribution in [0, 0.1) is 0 Å². The average Bonchev–Trinajstić information content (AvgIpc) is 2.97. The van der Waals surface area contributed by atoms with Crippen molar-refractivity contribution in [2.24, 2.45) is 0 Å². The van der Waals surface area contributed by atoms with E-state index in [1.807, 2.05) is 24.3 Å². The molecule has 0 aromatic heterocycles. The van der Waals surface area contributed by atoms with Gasteiger partial charge in [0.15, 0.2) is 0 Å². The lowest BCUT2D eigenvalue weighted by atomic mass is 10.1. The molecule has 1 fully saturated rings. The summed E-state index contributed by atoms with van der Waals surface area (Å²) in [5.74, 6) is -0.755. The predicted molar refractivity (Wildman–Crippen MR) is 115 cm³/mol. The van der Waals surface area contributed by atoms with Crippen molar-refractivity contribution in [1.29, 1.82) is 0 Å². The van der Waals surface area contributed by atoms with E-state index in [1.54, 1.807) is 24.3 Å². The van der Waals surface area contributed by atoms with Crippen LogP contribution in [0.2, 0.25) is 5.02 Å². The van der Waals surface area contributed by atoms with Crippen LogP contribution in [0.25, 0.3) is 0 Å². The molecule has 6 nitrogen and oxygen atoms in total. The fraction of sp³-hybridized carbons (Fsp3) is 0.333. The molecule has 8 heteroatoms. The Bertz CT molecular complexity index is 833. The van der Waals surface area contributed by atoms with Gasteiger partial charge in [-0.05, 0) is 42.8 Å². The zero-order valence-electron chi connectivity index (χ0n) is 15.9. The summed E-state index contributed by atoms with van der Waals surface area (Å²) < 4.78 is 0. The van der Waals surface area contributed by atoms with E-state index >= 15 is 0 Å². The van der Waals surface area contributed by atoms with Crippen LogP contribution in [0.5, 0.6) is 0 Å². The van der Waals surface area contributed by atoms with Crippen molar-refractivity contribution in [3.63, 3.8) is 0 Å². The Morgan fingerprint density at radius 1 is 0.862 bits per heavy atom. The Labute approximate surface area is 181 Å². The lowest BCUT2D eigenvalue weighted by molar-refractivity contribution is -0.0930. The van der Waals surface area contributed by atoms with Crippen molar-refractivity contribution in [2.75, 3.05) is 44.2 Å². The second kappa shape index (κ2) is 9.59. The Morgan fingerprint density at radius 2 is 1.45 bits per heavy atom. The minimum atomic E-state index is -0.378. The zero-order chi connectivity index (χ0) is 19.5. The second-order valence-electron chi connectivity index (χ2n) is 6.94. The van der Waals surface area contributed by atoms with Crippen molar-refractivity contribution in [2.45, 2.75) is 6.42 Å². The number of benzene rings is 2. The van der Waals surface area contributed by atoms with Crippen molar-refractivity contribution < 1.29 is 14.4 Å². The average molecular weight is 436 g/mol. The van der Waals surface area contributed by atoms with Crippen LogP contribution in [-0.4, -0.2) is 61.1 Å². The minimum absolute atomic E-state index is 0. The molecule has 2 heterocycles. The molecule has 2 aromatic rings. The molecule has 2 aromatic carbocycles. The van der Waals surface area contributed by atoms with Gasteiger partial charge in [-0.2, -0.15) is 0 Å². The summed E-state index contributed by atoms with van der Waals surface area (Å²) in [7, 11) is 0. The number of fused-ring (bicyclic) bond motifs is 1.